The Hall–Kier alpha value is -0.140. The number of carbonyl (C=O) groups is 2. The number of hydrogen-bond acceptors (Lipinski definition) is 5. The second kappa shape index (κ2) is 23.5. The third-order valence-corrected chi connectivity index (χ3v) is 5.63. The average Bonchev–Trinajstić information content (AvgIpc) is 2.69. The molecule has 0 spiro atoms. The maximum absolute atomic E-state index is 10.9. The van der Waals surface area contributed by atoms with E-state index in [1.54, 1.807) is 0 Å². The van der Waals surface area contributed by atoms with Crippen LogP contribution < -0.4 is 45.7 Å². The first-order valence-electron chi connectivity index (χ1n) is 12.0. The molecule has 0 aromatic rings. The summed E-state index contributed by atoms with van der Waals surface area (Å²) in [5, 5.41) is 13.7. The fourth-order valence-corrected chi connectivity index (χ4v) is 3.66. The molecule has 30 heavy (non-hydrogen) atoms. The van der Waals surface area contributed by atoms with Crippen LogP contribution in [0.15, 0.2) is 0 Å². The summed E-state index contributed by atoms with van der Waals surface area (Å²) in [5.74, 6) is -1.88. The van der Waals surface area contributed by atoms with E-state index in [1.807, 2.05) is 0 Å². The Morgan fingerprint density at radius 1 is 0.800 bits per heavy atom. The van der Waals surface area contributed by atoms with Crippen LogP contribution >= 0.6 is 0 Å². The van der Waals surface area contributed by atoms with Gasteiger partial charge in [0.15, 0.2) is 0 Å². The van der Waals surface area contributed by atoms with Gasteiger partial charge >= 0.3 is 29.6 Å². The normalized spacial score (nSPS) is 12.0. The van der Waals surface area contributed by atoms with Gasteiger partial charge in [-0.25, -0.2) is 0 Å². The second-order valence-corrected chi connectivity index (χ2v) is 8.12. The summed E-state index contributed by atoms with van der Waals surface area (Å²) >= 11 is 0. The van der Waals surface area contributed by atoms with Gasteiger partial charge in [0, 0.05) is 6.42 Å². The number of nitrogens with two attached hydrogens (primary N) is 1. The van der Waals surface area contributed by atoms with E-state index in [2.05, 4.69) is 24.1 Å². The van der Waals surface area contributed by atoms with Gasteiger partial charge in [0.05, 0.1) is 12.0 Å². The van der Waals surface area contributed by atoms with E-state index in [-0.39, 0.29) is 36.0 Å². The van der Waals surface area contributed by atoms with E-state index >= 15 is 0 Å². The molecule has 0 aliphatic carbocycles. The Morgan fingerprint density at radius 2 is 1.20 bits per heavy atom. The molecule has 0 aromatic carbocycles. The Labute approximate surface area is 207 Å². The molecular weight excluding hydrogens is 389 g/mol. The number of nitrogens with one attached hydrogen (secondary N) is 1. The molecule has 0 bridgehead atoms. The summed E-state index contributed by atoms with van der Waals surface area (Å²) < 4.78 is 0. The number of primary amides is 1. The number of aliphatic carboxylic acids is 1. The monoisotopic (exact) mass is 435 g/mol. The first-order chi connectivity index (χ1) is 14.0. The van der Waals surface area contributed by atoms with E-state index in [1.165, 1.54) is 90.3 Å². The Morgan fingerprint density at radius 3 is 1.57 bits per heavy atom. The summed E-state index contributed by atoms with van der Waals surface area (Å²) in [6.07, 6.45) is 16.4. The van der Waals surface area contributed by atoms with Crippen molar-refractivity contribution in [3.63, 3.8) is 0 Å². The SMILES string of the molecule is CCN(CC)CCCCCCCCCCCCCCCNC(CC(N)=O)C(=O)[O-].[Na+]. The molecule has 0 saturated heterocycles. The van der Waals surface area contributed by atoms with Gasteiger partial charge in [0.2, 0.25) is 5.91 Å². The summed E-state index contributed by atoms with van der Waals surface area (Å²) in [4.78, 5) is 24.2. The van der Waals surface area contributed by atoms with Crippen molar-refractivity contribution in [3.8, 4) is 0 Å². The van der Waals surface area contributed by atoms with Gasteiger partial charge in [-0.2, -0.15) is 0 Å². The number of hydrogen-bond donors (Lipinski definition) is 2. The minimum Gasteiger partial charge on any atom is -0.548 e. The van der Waals surface area contributed by atoms with Crippen LogP contribution in [-0.4, -0.2) is 49.0 Å². The van der Waals surface area contributed by atoms with Gasteiger partial charge in [0.25, 0.3) is 0 Å². The molecule has 0 fully saturated rings. The molecular formula is C23H46N3NaO3. The summed E-state index contributed by atoms with van der Waals surface area (Å²) in [5.41, 5.74) is 5.03. The van der Waals surface area contributed by atoms with Gasteiger partial charge in [-0.3, -0.25) is 4.79 Å². The fourth-order valence-electron chi connectivity index (χ4n) is 3.66. The molecule has 1 amide bonds. The van der Waals surface area contributed by atoms with Crippen molar-refractivity contribution in [2.75, 3.05) is 26.2 Å². The number of rotatable bonds is 22. The van der Waals surface area contributed by atoms with Crippen LogP contribution in [0.25, 0.3) is 0 Å². The smallest absolute Gasteiger partial charge is 0.548 e. The molecule has 3 N–H and O–H groups in total. The predicted molar refractivity (Wildman–Crippen MR) is 118 cm³/mol. The van der Waals surface area contributed by atoms with Gasteiger partial charge in [-0.15, -0.1) is 0 Å². The maximum atomic E-state index is 10.9. The third kappa shape index (κ3) is 21.1. The van der Waals surface area contributed by atoms with Crippen molar-refractivity contribution >= 4 is 11.9 Å². The molecule has 0 radical (unpaired) electrons. The molecule has 0 aromatic heterocycles. The summed E-state index contributed by atoms with van der Waals surface area (Å²) in [6.45, 7) is 8.67. The van der Waals surface area contributed by atoms with Crippen LogP contribution in [0, 0.1) is 0 Å². The van der Waals surface area contributed by atoms with Crippen LogP contribution in [0.1, 0.15) is 104 Å². The number of amides is 1. The predicted octanol–water partition coefficient (Wildman–Crippen LogP) is -0.0130. The van der Waals surface area contributed by atoms with Gasteiger partial charge in [0.1, 0.15) is 0 Å². The van der Waals surface area contributed by atoms with E-state index < -0.39 is 17.9 Å². The Kier molecular flexibility index (Phi) is 25.1. The second-order valence-electron chi connectivity index (χ2n) is 8.12. The van der Waals surface area contributed by atoms with Gasteiger partial charge in [-0.1, -0.05) is 84.5 Å². The molecule has 172 valence electrons. The summed E-state index contributed by atoms with van der Waals surface area (Å²) in [6, 6.07) is -0.963. The van der Waals surface area contributed by atoms with Crippen molar-refractivity contribution in [2.24, 2.45) is 5.73 Å². The van der Waals surface area contributed by atoms with Crippen LogP contribution in [0.5, 0.6) is 0 Å². The van der Waals surface area contributed by atoms with E-state index in [4.69, 9.17) is 5.73 Å². The van der Waals surface area contributed by atoms with E-state index in [9.17, 15) is 14.7 Å². The number of carboxylic acids is 1. The third-order valence-electron chi connectivity index (χ3n) is 5.63. The zero-order chi connectivity index (χ0) is 21.7. The minimum absolute atomic E-state index is 0. The first kappa shape index (κ1) is 32.0. The maximum Gasteiger partial charge on any atom is 1.00 e. The van der Waals surface area contributed by atoms with Crippen LogP contribution in [0.3, 0.4) is 0 Å². The number of carboxylic acid groups (broad SMARTS) is 1. The van der Waals surface area contributed by atoms with Crippen molar-refractivity contribution in [2.45, 2.75) is 110 Å². The van der Waals surface area contributed by atoms with Crippen molar-refractivity contribution in [1.82, 2.24) is 10.2 Å². The first-order valence-corrected chi connectivity index (χ1v) is 12.0. The molecule has 0 saturated carbocycles. The molecule has 1 atom stereocenters. The van der Waals surface area contributed by atoms with Crippen LogP contribution in [0.4, 0.5) is 0 Å². The zero-order valence-electron chi connectivity index (χ0n) is 20.1. The molecule has 0 heterocycles. The van der Waals surface area contributed by atoms with Crippen molar-refractivity contribution in [1.29, 1.82) is 0 Å². The number of carbonyl (C=O) groups excluding carboxylic acids is 2. The standard InChI is InChI=1S/C23H47N3O3.Na/c1-3-26(4-2)19-17-15-13-11-9-7-5-6-8-10-12-14-16-18-25-21(23(28)29)20-22(24)27;/h21,25H,3-20H2,1-2H3,(H2,24,27)(H,28,29);/q;+1/p-1. The fraction of sp³-hybridized carbons (Fsp3) is 0.913. The van der Waals surface area contributed by atoms with Crippen molar-refractivity contribution < 1.29 is 44.3 Å². The molecule has 0 aliphatic heterocycles. The molecule has 0 aliphatic rings. The topological polar surface area (TPSA) is 98.5 Å². The molecule has 0 rings (SSSR count). The molecule has 6 nitrogen and oxygen atoms in total. The summed E-state index contributed by atoms with van der Waals surface area (Å²) in [7, 11) is 0. The number of nitrogens with zero attached hydrogens (tertiary/aromatic N) is 1. The quantitative estimate of drug-likeness (QED) is 0.184. The Balaban J connectivity index is 0. The van der Waals surface area contributed by atoms with Crippen LogP contribution in [-0.2, 0) is 9.59 Å². The number of unbranched alkanes of at least 4 members (excludes halogenated alkanes) is 12. The van der Waals surface area contributed by atoms with Gasteiger partial charge < -0.3 is 25.9 Å². The van der Waals surface area contributed by atoms with Crippen molar-refractivity contribution in [3.05, 3.63) is 0 Å². The molecule has 1 unspecified atom stereocenters. The zero-order valence-corrected chi connectivity index (χ0v) is 22.1. The van der Waals surface area contributed by atoms with E-state index in [0.29, 0.717) is 6.54 Å². The van der Waals surface area contributed by atoms with Gasteiger partial charge in [-0.05, 0) is 39.0 Å². The van der Waals surface area contributed by atoms with Crippen LogP contribution in [0.2, 0.25) is 0 Å². The average molecular weight is 436 g/mol. The minimum atomic E-state index is -1.26. The largest absolute Gasteiger partial charge is 1.00 e. The van der Waals surface area contributed by atoms with E-state index in [0.717, 1.165) is 12.8 Å². The Bertz CT molecular complexity index is 407. The molecule has 7 heteroatoms.